The lowest BCUT2D eigenvalue weighted by Crippen LogP contribution is -2.45. The van der Waals surface area contributed by atoms with Crippen LogP contribution in [0.4, 0.5) is 0 Å². The average molecular weight is 431 g/mol. The summed E-state index contributed by atoms with van der Waals surface area (Å²) in [6, 6.07) is 5.54. The second kappa shape index (κ2) is 11.0. The van der Waals surface area contributed by atoms with E-state index in [1.165, 1.54) is 27.1 Å². The third kappa shape index (κ3) is 5.89. The number of ether oxygens (including phenoxy) is 2. The van der Waals surface area contributed by atoms with Crippen LogP contribution in [0, 0.1) is 5.92 Å². The number of hydrogen-bond acceptors (Lipinski definition) is 5. The number of aliphatic imine (C=N–C) groups is 1. The van der Waals surface area contributed by atoms with Crippen LogP contribution in [0.3, 0.4) is 0 Å². The second-order valence-electron chi connectivity index (χ2n) is 8.12. The number of nitrogens with zero attached hydrogens (tertiary/aromatic N) is 2. The van der Waals surface area contributed by atoms with Crippen molar-refractivity contribution in [2.24, 2.45) is 10.9 Å². The zero-order chi connectivity index (χ0) is 22.2. The van der Waals surface area contributed by atoms with Gasteiger partial charge in [-0.1, -0.05) is 18.9 Å². The summed E-state index contributed by atoms with van der Waals surface area (Å²) in [5, 5.41) is 6.75. The van der Waals surface area contributed by atoms with Crippen LogP contribution in [0.15, 0.2) is 23.2 Å². The predicted molar refractivity (Wildman–Crippen MR) is 119 cm³/mol. The van der Waals surface area contributed by atoms with Gasteiger partial charge < -0.3 is 25.0 Å². The van der Waals surface area contributed by atoms with Crippen molar-refractivity contribution in [2.45, 2.75) is 51.6 Å². The number of nitrogens with one attached hydrogen (secondary N) is 2. The minimum absolute atomic E-state index is 0.194. The van der Waals surface area contributed by atoms with Crippen LogP contribution in [0.5, 0.6) is 5.75 Å². The molecule has 1 amide bonds. The number of carbonyl (C=O) groups is 2. The third-order valence-corrected chi connectivity index (χ3v) is 5.98. The number of likely N-dealkylation sites (tertiary alicyclic amines) is 1. The van der Waals surface area contributed by atoms with Crippen LogP contribution in [-0.4, -0.2) is 62.6 Å². The van der Waals surface area contributed by atoms with Gasteiger partial charge in [0.05, 0.1) is 20.8 Å². The van der Waals surface area contributed by atoms with Crippen LogP contribution < -0.4 is 15.4 Å². The third-order valence-electron chi connectivity index (χ3n) is 5.98. The van der Waals surface area contributed by atoms with Gasteiger partial charge in [-0.2, -0.15) is 0 Å². The Kier molecular flexibility index (Phi) is 8.14. The van der Waals surface area contributed by atoms with Crippen LogP contribution >= 0.6 is 0 Å². The Labute approximate surface area is 184 Å². The second-order valence-corrected chi connectivity index (χ2v) is 8.12. The molecule has 0 spiro atoms. The van der Waals surface area contributed by atoms with E-state index in [1.54, 1.807) is 12.1 Å². The number of esters is 1. The monoisotopic (exact) mass is 430 g/mol. The van der Waals surface area contributed by atoms with E-state index in [0.29, 0.717) is 23.8 Å². The molecule has 1 heterocycles. The Morgan fingerprint density at radius 1 is 1.19 bits per heavy atom. The van der Waals surface area contributed by atoms with Gasteiger partial charge in [-0.3, -0.25) is 4.79 Å². The highest BCUT2D eigenvalue weighted by atomic mass is 16.5. The van der Waals surface area contributed by atoms with Gasteiger partial charge in [0.2, 0.25) is 5.91 Å². The summed E-state index contributed by atoms with van der Waals surface area (Å²) in [5.41, 5.74) is 1.31. The molecule has 8 heteroatoms. The van der Waals surface area contributed by atoms with Crippen LogP contribution in [0.25, 0.3) is 0 Å². The summed E-state index contributed by atoms with van der Waals surface area (Å²) >= 11 is 0. The van der Waals surface area contributed by atoms with E-state index < -0.39 is 5.97 Å². The molecule has 31 heavy (non-hydrogen) atoms. The number of hydrogen-bond donors (Lipinski definition) is 2. The van der Waals surface area contributed by atoms with Crippen molar-refractivity contribution in [3.8, 4) is 5.75 Å². The largest absolute Gasteiger partial charge is 0.496 e. The van der Waals surface area contributed by atoms with E-state index >= 15 is 0 Å². The quantitative estimate of drug-likeness (QED) is 0.392. The number of carbonyl (C=O) groups excluding carboxylic acids is 2. The molecular formula is C23H34N4O4. The van der Waals surface area contributed by atoms with Gasteiger partial charge in [0.1, 0.15) is 11.3 Å². The van der Waals surface area contributed by atoms with Gasteiger partial charge in [0.15, 0.2) is 5.96 Å². The Morgan fingerprint density at radius 3 is 2.65 bits per heavy atom. The zero-order valence-corrected chi connectivity index (χ0v) is 18.8. The van der Waals surface area contributed by atoms with Crippen molar-refractivity contribution in [1.82, 2.24) is 15.5 Å². The number of benzene rings is 1. The topological polar surface area (TPSA) is 92.3 Å². The van der Waals surface area contributed by atoms with Gasteiger partial charge in [-0.15, -0.1) is 0 Å². The lowest BCUT2D eigenvalue weighted by Gasteiger charge is -2.21. The number of rotatable bonds is 7. The lowest BCUT2D eigenvalue weighted by atomic mass is 10.1. The first-order valence-electron chi connectivity index (χ1n) is 11.1. The molecule has 170 valence electrons. The molecule has 3 rings (SSSR count). The first-order valence-corrected chi connectivity index (χ1v) is 11.1. The molecule has 1 saturated heterocycles. The fourth-order valence-corrected chi connectivity index (χ4v) is 4.31. The van der Waals surface area contributed by atoms with Gasteiger partial charge in [0, 0.05) is 31.6 Å². The van der Waals surface area contributed by atoms with Gasteiger partial charge >= 0.3 is 5.97 Å². The van der Waals surface area contributed by atoms with Gasteiger partial charge in [-0.25, -0.2) is 9.79 Å². The summed E-state index contributed by atoms with van der Waals surface area (Å²) < 4.78 is 10.1. The SMILES string of the molecule is CCNC(=NCc1ccc(C(=O)OC)c(OC)c1)NC1CCN(C(=O)C2CCCC2)C1. The van der Waals surface area contributed by atoms with E-state index in [2.05, 4.69) is 15.6 Å². The molecule has 0 radical (unpaired) electrons. The molecular weight excluding hydrogens is 396 g/mol. The minimum Gasteiger partial charge on any atom is -0.496 e. The maximum atomic E-state index is 12.7. The van der Waals surface area contributed by atoms with Gasteiger partial charge in [0.25, 0.3) is 0 Å². The number of guanidine groups is 1. The molecule has 0 aromatic heterocycles. The Hall–Kier alpha value is -2.77. The molecule has 2 aliphatic rings. The highest BCUT2D eigenvalue weighted by Gasteiger charge is 2.32. The highest BCUT2D eigenvalue weighted by Crippen LogP contribution is 2.28. The Morgan fingerprint density at radius 2 is 1.97 bits per heavy atom. The summed E-state index contributed by atoms with van der Waals surface area (Å²) in [6.45, 7) is 4.73. The number of methoxy groups -OCH3 is 2. The maximum Gasteiger partial charge on any atom is 0.341 e. The molecule has 1 unspecified atom stereocenters. The normalized spacial score (nSPS) is 19.4. The van der Waals surface area contributed by atoms with Crippen molar-refractivity contribution in [1.29, 1.82) is 0 Å². The van der Waals surface area contributed by atoms with E-state index in [1.807, 2.05) is 17.9 Å². The molecule has 1 aliphatic heterocycles. The number of amides is 1. The fourth-order valence-electron chi connectivity index (χ4n) is 4.31. The molecule has 1 aliphatic carbocycles. The van der Waals surface area contributed by atoms with Crippen molar-refractivity contribution >= 4 is 17.8 Å². The first-order chi connectivity index (χ1) is 15.0. The van der Waals surface area contributed by atoms with Crippen molar-refractivity contribution in [3.63, 3.8) is 0 Å². The smallest absolute Gasteiger partial charge is 0.341 e. The lowest BCUT2D eigenvalue weighted by molar-refractivity contribution is -0.134. The summed E-state index contributed by atoms with van der Waals surface area (Å²) in [4.78, 5) is 31.2. The molecule has 2 fully saturated rings. The van der Waals surface area contributed by atoms with E-state index in [9.17, 15) is 9.59 Å². The standard InChI is InChI=1S/C23H34N4O4/c1-4-24-23(25-14-16-9-10-19(22(29)31-3)20(13-16)30-2)26-18-11-12-27(15-18)21(28)17-7-5-6-8-17/h9-10,13,17-18H,4-8,11-12,14-15H2,1-3H3,(H2,24,25,26). The van der Waals surface area contributed by atoms with Crippen LogP contribution in [0.1, 0.15) is 54.9 Å². The molecule has 1 saturated carbocycles. The van der Waals surface area contributed by atoms with Crippen LogP contribution in [-0.2, 0) is 16.1 Å². The molecule has 1 aromatic rings. The average Bonchev–Trinajstić information content (AvgIpc) is 3.49. The molecule has 0 bridgehead atoms. The van der Waals surface area contributed by atoms with Gasteiger partial charge in [-0.05, 0) is 43.9 Å². The van der Waals surface area contributed by atoms with E-state index in [4.69, 9.17) is 9.47 Å². The molecule has 1 aromatic carbocycles. The Balaban J connectivity index is 1.60. The van der Waals surface area contributed by atoms with Crippen molar-refractivity contribution in [3.05, 3.63) is 29.3 Å². The zero-order valence-electron chi connectivity index (χ0n) is 18.8. The molecule has 2 N–H and O–H groups in total. The summed E-state index contributed by atoms with van der Waals surface area (Å²) in [6.07, 6.45) is 5.35. The minimum atomic E-state index is -0.431. The summed E-state index contributed by atoms with van der Waals surface area (Å²) in [7, 11) is 2.87. The van der Waals surface area contributed by atoms with E-state index in [0.717, 1.165) is 50.4 Å². The molecule has 8 nitrogen and oxygen atoms in total. The Bertz CT molecular complexity index is 805. The highest BCUT2D eigenvalue weighted by molar-refractivity contribution is 5.92. The summed E-state index contributed by atoms with van der Waals surface area (Å²) in [5.74, 6) is 1.30. The predicted octanol–water partition coefficient (Wildman–Crippen LogP) is 2.33. The van der Waals surface area contributed by atoms with Crippen molar-refractivity contribution < 1.29 is 19.1 Å². The van der Waals surface area contributed by atoms with E-state index in [-0.39, 0.29) is 12.0 Å². The maximum absolute atomic E-state index is 12.7. The molecule has 1 atom stereocenters. The first kappa shape index (κ1) is 22.9. The van der Waals surface area contributed by atoms with Crippen LogP contribution in [0.2, 0.25) is 0 Å². The van der Waals surface area contributed by atoms with Crippen molar-refractivity contribution in [2.75, 3.05) is 33.9 Å². The fraction of sp³-hybridized carbons (Fsp3) is 0.609.